The molecular formula is C8H16OTe. The van der Waals surface area contributed by atoms with Gasteiger partial charge in [0.15, 0.2) is 0 Å². The van der Waals surface area contributed by atoms with E-state index in [1.807, 2.05) is 21.8 Å². The third-order valence-corrected chi connectivity index (χ3v) is 3.22. The van der Waals surface area contributed by atoms with Crippen molar-refractivity contribution in [3.8, 4) is 0 Å². The Labute approximate surface area is 76.5 Å². The van der Waals surface area contributed by atoms with Crippen LogP contribution in [-0.4, -0.2) is 32.7 Å². The van der Waals surface area contributed by atoms with Crippen LogP contribution in [0.5, 0.6) is 0 Å². The molecule has 0 amide bonds. The monoisotopic (exact) mass is 258 g/mol. The van der Waals surface area contributed by atoms with E-state index >= 15 is 0 Å². The van der Waals surface area contributed by atoms with Gasteiger partial charge in [-0.2, -0.15) is 0 Å². The molecule has 60 valence electrons. The summed E-state index contributed by atoms with van der Waals surface area (Å²) in [7, 11) is 1.75. The van der Waals surface area contributed by atoms with E-state index in [0.29, 0.717) is 5.92 Å². The summed E-state index contributed by atoms with van der Waals surface area (Å²) in [6.45, 7) is 4.44. The van der Waals surface area contributed by atoms with Gasteiger partial charge < -0.3 is 0 Å². The molecule has 0 saturated heterocycles. The van der Waals surface area contributed by atoms with Crippen molar-refractivity contribution in [2.75, 3.05) is 7.11 Å². The summed E-state index contributed by atoms with van der Waals surface area (Å²) < 4.78 is 6.30. The first-order valence-electron chi connectivity index (χ1n) is 3.80. The number of methoxy groups -OCH3 is 1. The van der Waals surface area contributed by atoms with Crippen LogP contribution in [0, 0.1) is 5.92 Å². The second-order valence-corrected chi connectivity index (χ2v) is 3.71. The molecule has 1 unspecified atom stereocenters. The number of unbranched alkanes of at least 4 members (excludes halogenated alkanes) is 1. The van der Waals surface area contributed by atoms with Crippen molar-refractivity contribution in [1.29, 1.82) is 0 Å². The summed E-state index contributed by atoms with van der Waals surface area (Å²) in [5.74, 6) is 0.634. The fraction of sp³-hybridized carbons (Fsp3) is 0.875. The molecule has 0 aliphatic rings. The van der Waals surface area contributed by atoms with E-state index < -0.39 is 0 Å². The van der Waals surface area contributed by atoms with Crippen LogP contribution < -0.4 is 0 Å². The Balaban J connectivity index is 3.41. The Bertz CT molecular complexity index is 101. The Morgan fingerprint density at radius 1 is 1.60 bits per heavy atom. The van der Waals surface area contributed by atoms with Crippen LogP contribution in [0.1, 0.15) is 33.1 Å². The van der Waals surface area contributed by atoms with E-state index in [9.17, 15) is 0 Å². The second kappa shape index (κ2) is 6.19. The second-order valence-electron chi connectivity index (χ2n) is 2.57. The molecule has 0 bridgehead atoms. The minimum atomic E-state index is 0.634. The number of hydrogen-bond acceptors (Lipinski definition) is 1. The van der Waals surface area contributed by atoms with Crippen molar-refractivity contribution in [1.82, 2.24) is 0 Å². The van der Waals surface area contributed by atoms with E-state index in [-0.39, 0.29) is 0 Å². The quantitative estimate of drug-likeness (QED) is 0.681. The van der Waals surface area contributed by atoms with Gasteiger partial charge >= 0.3 is 76.4 Å². The van der Waals surface area contributed by atoms with E-state index in [1.165, 1.54) is 23.0 Å². The molecule has 0 radical (unpaired) electrons. The third kappa shape index (κ3) is 4.30. The fourth-order valence-electron chi connectivity index (χ4n) is 0.829. The Morgan fingerprint density at radius 3 is 2.60 bits per heavy atom. The van der Waals surface area contributed by atoms with Gasteiger partial charge in [-0.05, 0) is 0 Å². The first-order valence-corrected chi connectivity index (χ1v) is 4.96. The van der Waals surface area contributed by atoms with E-state index in [4.69, 9.17) is 4.74 Å². The van der Waals surface area contributed by atoms with E-state index in [2.05, 4.69) is 13.8 Å². The zero-order chi connectivity index (χ0) is 7.98. The van der Waals surface area contributed by atoms with Crippen LogP contribution >= 0.6 is 0 Å². The van der Waals surface area contributed by atoms with Crippen molar-refractivity contribution >= 4 is 25.6 Å². The molecule has 2 heteroatoms. The van der Waals surface area contributed by atoms with Crippen LogP contribution in [0.4, 0.5) is 0 Å². The Morgan fingerprint density at radius 2 is 2.20 bits per heavy atom. The number of hydrogen-bond donors (Lipinski definition) is 0. The van der Waals surface area contributed by atoms with Crippen LogP contribution in [0.3, 0.4) is 0 Å². The summed E-state index contributed by atoms with van der Waals surface area (Å²) in [6.07, 6.45) is 3.85. The standard InChI is InChI=1S/C8H16OTe/c1-4-5-6-7(2)8(10)9-3/h7H,4-6H2,1-3H3. The number of rotatable bonds is 5. The fourth-order valence-corrected chi connectivity index (χ4v) is 1.17. The van der Waals surface area contributed by atoms with Crippen molar-refractivity contribution in [2.24, 2.45) is 5.92 Å². The Kier molecular flexibility index (Phi) is 6.47. The minimum absolute atomic E-state index is 0.634. The summed E-state index contributed by atoms with van der Waals surface area (Å²) >= 11 is 1.99. The van der Waals surface area contributed by atoms with Crippen molar-refractivity contribution in [3.63, 3.8) is 0 Å². The molecule has 1 nitrogen and oxygen atoms in total. The number of ether oxygens (including phenoxy) is 1. The van der Waals surface area contributed by atoms with Crippen molar-refractivity contribution in [3.05, 3.63) is 0 Å². The van der Waals surface area contributed by atoms with Gasteiger partial charge in [0.1, 0.15) is 0 Å². The molecule has 0 aliphatic heterocycles. The van der Waals surface area contributed by atoms with Gasteiger partial charge in [0.25, 0.3) is 0 Å². The molecule has 0 aromatic rings. The van der Waals surface area contributed by atoms with Gasteiger partial charge in [0, 0.05) is 0 Å². The molecule has 0 aliphatic carbocycles. The molecule has 0 rings (SSSR count). The van der Waals surface area contributed by atoms with Gasteiger partial charge in [-0.25, -0.2) is 0 Å². The summed E-state index contributed by atoms with van der Waals surface area (Å²) in [4.78, 5) is 0. The van der Waals surface area contributed by atoms with Crippen LogP contribution in [0.15, 0.2) is 0 Å². The predicted octanol–water partition coefficient (Wildman–Crippen LogP) is 1.76. The molecule has 0 spiro atoms. The first-order chi connectivity index (χ1) is 4.72. The van der Waals surface area contributed by atoms with Crippen LogP contribution in [-0.2, 0) is 4.74 Å². The molecule has 0 fully saturated rings. The van der Waals surface area contributed by atoms with Crippen LogP contribution in [0.2, 0.25) is 0 Å². The topological polar surface area (TPSA) is 9.23 Å². The maximum absolute atomic E-state index is 5.13. The van der Waals surface area contributed by atoms with Gasteiger partial charge in [0.2, 0.25) is 0 Å². The normalized spacial score (nSPS) is 12.7. The SMILES string of the molecule is CCCCC(C)C(=[Te])OC. The summed E-state index contributed by atoms with van der Waals surface area (Å²) in [5.41, 5.74) is 0. The van der Waals surface area contributed by atoms with Gasteiger partial charge in [-0.3, -0.25) is 0 Å². The van der Waals surface area contributed by atoms with Gasteiger partial charge in [0.05, 0.1) is 0 Å². The molecular weight excluding hydrogens is 240 g/mol. The average Bonchev–Trinajstić information content (AvgIpc) is 1.98. The van der Waals surface area contributed by atoms with Crippen LogP contribution in [0.25, 0.3) is 0 Å². The summed E-state index contributed by atoms with van der Waals surface area (Å²) in [6, 6.07) is 0. The Hall–Kier alpha value is 0.460. The molecule has 1 atom stereocenters. The summed E-state index contributed by atoms with van der Waals surface area (Å²) in [5, 5.41) is 0. The zero-order valence-electron chi connectivity index (χ0n) is 7.02. The van der Waals surface area contributed by atoms with E-state index in [1.54, 1.807) is 7.11 Å². The van der Waals surface area contributed by atoms with Gasteiger partial charge in [-0.1, -0.05) is 0 Å². The van der Waals surface area contributed by atoms with Gasteiger partial charge in [-0.15, -0.1) is 0 Å². The third-order valence-electron chi connectivity index (χ3n) is 1.59. The maximum atomic E-state index is 5.13. The zero-order valence-corrected chi connectivity index (χ0v) is 9.35. The first kappa shape index (κ1) is 10.5. The molecule has 0 aromatic carbocycles. The predicted molar refractivity (Wildman–Crippen MR) is 46.5 cm³/mol. The molecule has 10 heavy (non-hydrogen) atoms. The van der Waals surface area contributed by atoms with E-state index in [0.717, 1.165) is 0 Å². The van der Waals surface area contributed by atoms with Crippen molar-refractivity contribution < 1.29 is 4.74 Å². The van der Waals surface area contributed by atoms with Crippen molar-refractivity contribution in [2.45, 2.75) is 33.1 Å². The molecule has 0 heterocycles. The molecule has 0 saturated carbocycles. The molecule has 0 aromatic heterocycles. The average molecular weight is 256 g/mol. The molecule has 0 N–H and O–H groups in total.